The van der Waals surface area contributed by atoms with Gasteiger partial charge in [0, 0.05) is 38.6 Å². The van der Waals surface area contributed by atoms with Crippen molar-refractivity contribution in [1.82, 2.24) is 19.8 Å². The number of hydrogen-bond acceptors (Lipinski definition) is 2. The highest BCUT2D eigenvalue weighted by molar-refractivity contribution is 5.80. The number of piperidine rings is 1. The van der Waals surface area contributed by atoms with E-state index in [9.17, 15) is 0 Å². The van der Waals surface area contributed by atoms with Gasteiger partial charge in [0.2, 0.25) is 0 Å². The third-order valence-electron chi connectivity index (χ3n) is 4.45. The lowest BCUT2D eigenvalue weighted by atomic mass is 9.78. The molecule has 2 rings (SSSR count). The topological polar surface area (TPSA) is 45.5 Å². The van der Waals surface area contributed by atoms with Gasteiger partial charge in [0.15, 0.2) is 5.96 Å². The van der Waals surface area contributed by atoms with E-state index in [4.69, 9.17) is 4.99 Å². The molecule has 1 fully saturated rings. The molecule has 1 atom stereocenters. The molecule has 1 unspecified atom stereocenters. The Morgan fingerprint density at radius 1 is 1.41 bits per heavy atom. The molecule has 1 N–H and O–H groups in total. The first kappa shape index (κ1) is 16.8. The number of rotatable bonds is 6. The van der Waals surface area contributed by atoms with Crippen molar-refractivity contribution in [2.75, 3.05) is 26.2 Å². The van der Waals surface area contributed by atoms with E-state index in [-0.39, 0.29) is 0 Å². The molecule has 5 nitrogen and oxygen atoms in total. The Labute approximate surface area is 134 Å². The molecule has 0 bridgehead atoms. The van der Waals surface area contributed by atoms with Crippen LogP contribution in [-0.2, 0) is 6.54 Å². The van der Waals surface area contributed by atoms with Crippen molar-refractivity contribution in [2.45, 2.75) is 53.0 Å². The van der Waals surface area contributed by atoms with Gasteiger partial charge in [0.1, 0.15) is 0 Å². The minimum Gasteiger partial charge on any atom is -0.357 e. The predicted molar refractivity (Wildman–Crippen MR) is 92.0 cm³/mol. The number of likely N-dealkylation sites (tertiary alicyclic amines) is 1. The minimum atomic E-state index is 0.438. The van der Waals surface area contributed by atoms with Crippen LogP contribution in [0.1, 0.15) is 46.5 Å². The summed E-state index contributed by atoms with van der Waals surface area (Å²) in [5, 5.41) is 3.46. The van der Waals surface area contributed by atoms with Gasteiger partial charge >= 0.3 is 0 Å². The maximum atomic E-state index is 4.82. The first-order valence-electron chi connectivity index (χ1n) is 8.66. The zero-order chi connectivity index (χ0) is 15.8. The van der Waals surface area contributed by atoms with Gasteiger partial charge in [-0.05, 0) is 31.6 Å². The Morgan fingerprint density at radius 2 is 2.27 bits per heavy atom. The zero-order valence-corrected chi connectivity index (χ0v) is 14.4. The molecular weight excluding hydrogens is 274 g/mol. The van der Waals surface area contributed by atoms with Crippen molar-refractivity contribution < 1.29 is 0 Å². The van der Waals surface area contributed by atoms with Crippen molar-refractivity contribution in [2.24, 2.45) is 10.4 Å². The third kappa shape index (κ3) is 4.75. The summed E-state index contributed by atoms with van der Waals surface area (Å²) in [6, 6.07) is 0. The normalized spacial score (nSPS) is 22.9. The van der Waals surface area contributed by atoms with Crippen LogP contribution >= 0.6 is 0 Å². The summed E-state index contributed by atoms with van der Waals surface area (Å²) in [7, 11) is 0. The number of aromatic nitrogens is 2. The van der Waals surface area contributed by atoms with Gasteiger partial charge in [-0.25, -0.2) is 4.98 Å². The summed E-state index contributed by atoms with van der Waals surface area (Å²) in [5.41, 5.74) is 0.438. The Bertz CT molecular complexity index is 450. The molecule has 1 aromatic rings. The highest BCUT2D eigenvalue weighted by Crippen LogP contribution is 2.33. The maximum Gasteiger partial charge on any atom is 0.193 e. The van der Waals surface area contributed by atoms with E-state index in [0.29, 0.717) is 5.41 Å². The van der Waals surface area contributed by atoms with Gasteiger partial charge in [0.05, 0.1) is 12.9 Å². The summed E-state index contributed by atoms with van der Waals surface area (Å²) in [5.74, 6) is 1.07. The van der Waals surface area contributed by atoms with E-state index in [2.05, 4.69) is 40.5 Å². The SMILES string of the molecule is CCCC1(C)CCCN(C(=NCCn2ccnc2)NCC)C1. The molecule has 1 aromatic heterocycles. The number of nitrogens with zero attached hydrogens (tertiary/aromatic N) is 4. The van der Waals surface area contributed by atoms with E-state index < -0.39 is 0 Å². The fraction of sp³-hybridized carbons (Fsp3) is 0.765. The van der Waals surface area contributed by atoms with E-state index in [0.717, 1.165) is 38.7 Å². The fourth-order valence-corrected chi connectivity index (χ4v) is 3.42. The molecule has 0 amide bonds. The van der Waals surface area contributed by atoms with Crippen molar-refractivity contribution in [3.63, 3.8) is 0 Å². The standard InChI is InChI=1S/C17H31N5/c1-4-7-17(3)8-6-11-22(14-17)16(19-5-2)20-10-13-21-12-9-18-15-21/h9,12,15H,4-8,10-11,13-14H2,1-3H3,(H,19,20). The van der Waals surface area contributed by atoms with Crippen LogP contribution in [0.4, 0.5) is 0 Å². The first-order valence-corrected chi connectivity index (χ1v) is 8.66. The lowest BCUT2D eigenvalue weighted by molar-refractivity contribution is 0.142. The van der Waals surface area contributed by atoms with Crippen molar-refractivity contribution in [3.8, 4) is 0 Å². The van der Waals surface area contributed by atoms with Crippen LogP contribution < -0.4 is 5.32 Å². The molecule has 22 heavy (non-hydrogen) atoms. The van der Waals surface area contributed by atoms with Gasteiger partial charge in [-0.15, -0.1) is 0 Å². The Balaban J connectivity index is 1.96. The van der Waals surface area contributed by atoms with E-state index >= 15 is 0 Å². The lowest BCUT2D eigenvalue weighted by Gasteiger charge is -2.42. The van der Waals surface area contributed by atoms with E-state index in [1.807, 2.05) is 18.7 Å². The third-order valence-corrected chi connectivity index (χ3v) is 4.45. The molecule has 1 aliphatic heterocycles. The number of hydrogen-bond donors (Lipinski definition) is 1. The van der Waals surface area contributed by atoms with Crippen LogP contribution in [-0.4, -0.2) is 46.6 Å². The number of imidazole rings is 1. The second-order valence-electron chi connectivity index (χ2n) is 6.62. The van der Waals surface area contributed by atoms with Crippen LogP contribution in [0.15, 0.2) is 23.7 Å². The smallest absolute Gasteiger partial charge is 0.193 e. The summed E-state index contributed by atoms with van der Waals surface area (Å²) in [6.07, 6.45) is 10.8. The number of guanidine groups is 1. The second-order valence-corrected chi connectivity index (χ2v) is 6.62. The Hall–Kier alpha value is -1.52. The average molecular weight is 305 g/mol. The highest BCUT2D eigenvalue weighted by atomic mass is 15.3. The molecule has 1 aliphatic rings. The largest absolute Gasteiger partial charge is 0.357 e. The molecule has 1 saturated heterocycles. The summed E-state index contributed by atoms with van der Waals surface area (Å²) in [4.78, 5) is 11.3. The van der Waals surface area contributed by atoms with Crippen LogP contribution in [0.5, 0.6) is 0 Å². The average Bonchev–Trinajstić information content (AvgIpc) is 2.99. The summed E-state index contributed by atoms with van der Waals surface area (Å²) < 4.78 is 2.07. The molecule has 0 aromatic carbocycles. The van der Waals surface area contributed by atoms with Gasteiger partial charge in [-0.2, -0.15) is 0 Å². The monoisotopic (exact) mass is 305 g/mol. The van der Waals surface area contributed by atoms with Crippen molar-refractivity contribution in [1.29, 1.82) is 0 Å². The second kappa shape index (κ2) is 8.20. The summed E-state index contributed by atoms with van der Waals surface area (Å²) in [6.45, 7) is 11.7. The molecule has 2 heterocycles. The molecular formula is C17H31N5. The van der Waals surface area contributed by atoms with Crippen LogP contribution in [0, 0.1) is 5.41 Å². The Kier molecular flexibility index (Phi) is 6.28. The van der Waals surface area contributed by atoms with Gasteiger partial charge < -0.3 is 14.8 Å². The summed E-state index contributed by atoms with van der Waals surface area (Å²) >= 11 is 0. The van der Waals surface area contributed by atoms with Gasteiger partial charge in [0.25, 0.3) is 0 Å². The first-order chi connectivity index (χ1) is 10.7. The maximum absolute atomic E-state index is 4.82. The Morgan fingerprint density at radius 3 is 2.95 bits per heavy atom. The highest BCUT2D eigenvalue weighted by Gasteiger charge is 2.31. The minimum absolute atomic E-state index is 0.438. The quantitative estimate of drug-likeness (QED) is 0.649. The van der Waals surface area contributed by atoms with Crippen molar-refractivity contribution in [3.05, 3.63) is 18.7 Å². The van der Waals surface area contributed by atoms with Crippen molar-refractivity contribution >= 4 is 5.96 Å². The van der Waals surface area contributed by atoms with Crippen LogP contribution in [0.3, 0.4) is 0 Å². The molecule has 0 saturated carbocycles. The molecule has 5 heteroatoms. The van der Waals surface area contributed by atoms with E-state index in [1.54, 1.807) is 0 Å². The molecule has 0 aliphatic carbocycles. The zero-order valence-electron chi connectivity index (χ0n) is 14.4. The number of aliphatic imine (C=N–C) groups is 1. The predicted octanol–water partition coefficient (Wildman–Crippen LogP) is 2.75. The molecule has 0 spiro atoms. The fourth-order valence-electron chi connectivity index (χ4n) is 3.42. The molecule has 0 radical (unpaired) electrons. The lowest BCUT2D eigenvalue weighted by Crippen LogP contribution is -2.49. The van der Waals surface area contributed by atoms with Gasteiger partial charge in [-0.1, -0.05) is 20.3 Å². The molecule has 124 valence electrons. The van der Waals surface area contributed by atoms with E-state index in [1.165, 1.54) is 25.7 Å². The van der Waals surface area contributed by atoms with Crippen LogP contribution in [0.2, 0.25) is 0 Å². The number of nitrogens with one attached hydrogen (secondary N) is 1. The van der Waals surface area contributed by atoms with Crippen LogP contribution in [0.25, 0.3) is 0 Å². The van der Waals surface area contributed by atoms with Gasteiger partial charge in [-0.3, -0.25) is 4.99 Å².